The van der Waals surface area contributed by atoms with Crippen molar-refractivity contribution >= 4 is 12.4 Å². The summed E-state index contributed by atoms with van der Waals surface area (Å²) in [7, 11) is 7.58. The quantitative estimate of drug-likeness (QED) is 0.826. The SMILES string of the molecule is COc1cc2c(cc1OC)[C@H](CN(C)C)C2.Cl. The van der Waals surface area contributed by atoms with Gasteiger partial charge in [-0.1, -0.05) is 0 Å². The summed E-state index contributed by atoms with van der Waals surface area (Å²) in [6, 6.07) is 4.21. The fourth-order valence-electron chi connectivity index (χ4n) is 2.34. The molecule has 0 unspecified atom stereocenters. The summed E-state index contributed by atoms with van der Waals surface area (Å²) in [6.07, 6.45) is 1.15. The second kappa shape index (κ2) is 5.61. The highest BCUT2D eigenvalue weighted by Crippen LogP contribution is 2.42. The molecule has 1 aromatic carbocycles. The van der Waals surface area contributed by atoms with Gasteiger partial charge in [0.05, 0.1) is 14.2 Å². The molecule has 0 N–H and O–H groups in total. The van der Waals surface area contributed by atoms with E-state index < -0.39 is 0 Å². The van der Waals surface area contributed by atoms with Crippen LogP contribution in [-0.4, -0.2) is 39.8 Å². The summed E-state index contributed by atoms with van der Waals surface area (Å²) in [6.45, 7) is 1.10. The summed E-state index contributed by atoms with van der Waals surface area (Å²) in [4.78, 5) is 2.23. The number of hydrogen-bond donors (Lipinski definition) is 0. The second-order valence-electron chi connectivity index (χ2n) is 4.57. The molecule has 0 heterocycles. The molecular formula is C13H20ClNO2. The molecule has 0 radical (unpaired) electrons. The van der Waals surface area contributed by atoms with Gasteiger partial charge in [0.25, 0.3) is 0 Å². The number of hydrogen-bond acceptors (Lipinski definition) is 3. The number of nitrogens with zero attached hydrogens (tertiary/aromatic N) is 1. The minimum atomic E-state index is 0. The van der Waals surface area contributed by atoms with Gasteiger partial charge >= 0.3 is 0 Å². The van der Waals surface area contributed by atoms with Gasteiger partial charge in [-0.2, -0.15) is 0 Å². The highest BCUT2D eigenvalue weighted by Gasteiger charge is 2.28. The summed E-state index contributed by atoms with van der Waals surface area (Å²) >= 11 is 0. The van der Waals surface area contributed by atoms with Crippen LogP contribution in [0.2, 0.25) is 0 Å². The Balaban J connectivity index is 0.00000144. The highest BCUT2D eigenvalue weighted by molar-refractivity contribution is 5.85. The highest BCUT2D eigenvalue weighted by atomic mass is 35.5. The average molecular weight is 258 g/mol. The number of benzene rings is 1. The summed E-state index contributed by atoms with van der Waals surface area (Å²) < 4.78 is 10.6. The van der Waals surface area contributed by atoms with Gasteiger partial charge in [0.2, 0.25) is 0 Å². The van der Waals surface area contributed by atoms with Crippen molar-refractivity contribution in [1.82, 2.24) is 4.90 Å². The van der Waals surface area contributed by atoms with Crippen molar-refractivity contribution in [3.05, 3.63) is 23.3 Å². The van der Waals surface area contributed by atoms with Crippen molar-refractivity contribution in [1.29, 1.82) is 0 Å². The molecule has 0 aliphatic heterocycles. The number of ether oxygens (including phenoxy) is 2. The minimum Gasteiger partial charge on any atom is -0.493 e. The van der Waals surface area contributed by atoms with Gasteiger partial charge < -0.3 is 14.4 Å². The Kier molecular flexibility index (Phi) is 4.66. The van der Waals surface area contributed by atoms with E-state index >= 15 is 0 Å². The second-order valence-corrected chi connectivity index (χ2v) is 4.57. The van der Waals surface area contributed by atoms with Crippen molar-refractivity contribution in [3.63, 3.8) is 0 Å². The number of methoxy groups -OCH3 is 2. The van der Waals surface area contributed by atoms with Crippen molar-refractivity contribution in [3.8, 4) is 11.5 Å². The number of rotatable bonds is 4. The molecule has 1 aromatic rings. The molecule has 2 rings (SSSR count). The molecule has 0 aromatic heterocycles. The largest absolute Gasteiger partial charge is 0.493 e. The maximum absolute atomic E-state index is 5.32. The van der Waals surface area contributed by atoms with Gasteiger partial charge in [-0.3, -0.25) is 0 Å². The summed E-state index contributed by atoms with van der Waals surface area (Å²) in [5, 5.41) is 0. The lowest BCUT2D eigenvalue weighted by molar-refractivity contribution is 0.339. The van der Waals surface area contributed by atoms with Crippen LogP contribution >= 0.6 is 12.4 Å². The zero-order chi connectivity index (χ0) is 11.7. The maximum atomic E-state index is 5.32. The number of halogens is 1. The van der Waals surface area contributed by atoms with Crippen molar-refractivity contribution < 1.29 is 9.47 Å². The number of likely N-dealkylation sites (N-methyl/N-ethyl adjacent to an activating group) is 1. The molecule has 0 spiro atoms. The molecule has 1 aliphatic carbocycles. The van der Waals surface area contributed by atoms with E-state index in [4.69, 9.17) is 9.47 Å². The van der Waals surface area contributed by atoms with E-state index in [-0.39, 0.29) is 12.4 Å². The first kappa shape index (κ1) is 14.1. The molecule has 0 bridgehead atoms. The van der Waals surface area contributed by atoms with Gasteiger partial charge in [-0.05, 0) is 43.8 Å². The van der Waals surface area contributed by atoms with Gasteiger partial charge in [-0.15, -0.1) is 12.4 Å². The van der Waals surface area contributed by atoms with Gasteiger partial charge in [-0.25, -0.2) is 0 Å². The smallest absolute Gasteiger partial charge is 0.161 e. The number of fused-ring (bicyclic) bond motifs is 1. The molecule has 1 aliphatic rings. The van der Waals surface area contributed by atoms with Gasteiger partial charge in [0, 0.05) is 12.5 Å². The lowest BCUT2D eigenvalue weighted by Gasteiger charge is -2.33. The predicted molar refractivity (Wildman–Crippen MR) is 71.8 cm³/mol. The Morgan fingerprint density at radius 2 is 1.76 bits per heavy atom. The predicted octanol–water partition coefficient (Wildman–Crippen LogP) is 2.33. The van der Waals surface area contributed by atoms with Crippen LogP contribution < -0.4 is 9.47 Å². The zero-order valence-electron chi connectivity index (χ0n) is 10.8. The van der Waals surface area contributed by atoms with Crippen LogP contribution in [-0.2, 0) is 6.42 Å². The molecule has 0 saturated heterocycles. The fourth-order valence-corrected chi connectivity index (χ4v) is 2.34. The molecular weight excluding hydrogens is 238 g/mol. The molecule has 4 heteroatoms. The van der Waals surface area contributed by atoms with E-state index in [0.717, 1.165) is 24.5 Å². The Hall–Kier alpha value is -0.930. The van der Waals surface area contributed by atoms with E-state index in [0.29, 0.717) is 5.92 Å². The topological polar surface area (TPSA) is 21.7 Å². The van der Waals surface area contributed by atoms with Gasteiger partial charge in [0.15, 0.2) is 11.5 Å². The third-order valence-corrected chi connectivity index (χ3v) is 3.14. The fraction of sp³-hybridized carbons (Fsp3) is 0.538. The van der Waals surface area contributed by atoms with Gasteiger partial charge in [0.1, 0.15) is 0 Å². The molecule has 0 amide bonds. The van der Waals surface area contributed by atoms with E-state index in [1.807, 2.05) is 0 Å². The van der Waals surface area contributed by atoms with Crippen LogP contribution in [0.5, 0.6) is 11.5 Å². The molecule has 96 valence electrons. The molecule has 0 saturated carbocycles. The standard InChI is InChI=1S/C13H19NO2.ClH/c1-14(2)8-10-5-9-6-12(15-3)13(16-4)7-11(9)10;/h6-7,10H,5,8H2,1-4H3;1H/t10-;/m0./s1. The third kappa shape index (κ3) is 2.67. The molecule has 3 nitrogen and oxygen atoms in total. The van der Waals surface area contributed by atoms with E-state index in [1.54, 1.807) is 14.2 Å². The van der Waals surface area contributed by atoms with Crippen LogP contribution in [0.1, 0.15) is 17.0 Å². The first-order chi connectivity index (χ1) is 7.65. The summed E-state index contributed by atoms with van der Waals surface area (Å²) in [5.41, 5.74) is 2.80. The summed E-state index contributed by atoms with van der Waals surface area (Å²) in [5.74, 6) is 2.32. The maximum Gasteiger partial charge on any atom is 0.161 e. The Morgan fingerprint density at radius 3 is 2.29 bits per heavy atom. The third-order valence-electron chi connectivity index (χ3n) is 3.14. The lowest BCUT2D eigenvalue weighted by atomic mass is 9.77. The first-order valence-electron chi connectivity index (χ1n) is 5.55. The van der Waals surface area contributed by atoms with Crippen LogP contribution in [0.25, 0.3) is 0 Å². The van der Waals surface area contributed by atoms with E-state index in [9.17, 15) is 0 Å². The van der Waals surface area contributed by atoms with Crippen LogP contribution in [0.15, 0.2) is 12.1 Å². The van der Waals surface area contributed by atoms with Crippen LogP contribution in [0.3, 0.4) is 0 Å². The lowest BCUT2D eigenvalue weighted by Crippen LogP contribution is -2.28. The molecule has 1 atom stereocenters. The molecule has 17 heavy (non-hydrogen) atoms. The monoisotopic (exact) mass is 257 g/mol. The van der Waals surface area contributed by atoms with Crippen molar-refractivity contribution in [2.45, 2.75) is 12.3 Å². The Morgan fingerprint density at radius 1 is 1.18 bits per heavy atom. The first-order valence-corrected chi connectivity index (χ1v) is 5.55. The molecule has 0 fully saturated rings. The minimum absolute atomic E-state index is 0. The van der Waals surface area contributed by atoms with Crippen molar-refractivity contribution in [2.24, 2.45) is 0 Å². The average Bonchev–Trinajstić information content (AvgIpc) is 2.25. The Labute approximate surface area is 109 Å². The van der Waals surface area contributed by atoms with E-state index in [1.165, 1.54) is 11.1 Å². The zero-order valence-corrected chi connectivity index (χ0v) is 11.6. The van der Waals surface area contributed by atoms with Crippen molar-refractivity contribution in [2.75, 3.05) is 34.9 Å². The Bertz CT molecular complexity index is 393. The van der Waals surface area contributed by atoms with Crippen LogP contribution in [0.4, 0.5) is 0 Å². The van der Waals surface area contributed by atoms with Crippen LogP contribution in [0, 0.1) is 0 Å². The van der Waals surface area contributed by atoms with E-state index in [2.05, 4.69) is 31.1 Å². The normalized spacial score (nSPS) is 16.9.